The van der Waals surface area contributed by atoms with Gasteiger partial charge < -0.3 is 4.42 Å². The van der Waals surface area contributed by atoms with Gasteiger partial charge in [0.05, 0.1) is 11.4 Å². The summed E-state index contributed by atoms with van der Waals surface area (Å²) in [7, 11) is 0. The molecule has 0 unspecified atom stereocenters. The summed E-state index contributed by atoms with van der Waals surface area (Å²) in [6.07, 6.45) is 0. The van der Waals surface area contributed by atoms with E-state index in [1.165, 1.54) is 31.3 Å². The van der Waals surface area contributed by atoms with E-state index in [-0.39, 0.29) is 0 Å². The molecule has 10 aromatic rings. The zero-order chi connectivity index (χ0) is 33.0. The molecule has 0 N–H and O–H groups in total. The van der Waals surface area contributed by atoms with E-state index in [9.17, 15) is 0 Å². The van der Waals surface area contributed by atoms with Gasteiger partial charge in [-0.3, -0.25) is 0 Å². The van der Waals surface area contributed by atoms with Crippen molar-refractivity contribution in [3.05, 3.63) is 170 Å². The maximum Gasteiger partial charge on any atom is 0.160 e. The fourth-order valence-corrected chi connectivity index (χ4v) is 8.36. The highest BCUT2D eigenvalue weighted by Crippen LogP contribution is 2.46. The zero-order valence-electron chi connectivity index (χ0n) is 26.9. The summed E-state index contributed by atoms with van der Waals surface area (Å²) in [5.41, 5.74) is 11.0. The number of rotatable bonds is 5. The Balaban J connectivity index is 1.20. The molecule has 3 heterocycles. The van der Waals surface area contributed by atoms with E-state index in [2.05, 4.69) is 140 Å². The second-order valence-corrected chi connectivity index (χ2v) is 13.6. The summed E-state index contributed by atoms with van der Waals surface area (Å²) in [5, 5.41) is 4.75. The monoisotopic (exact) mass is 656 g/mol. The third kappa shape index (κ3) is 4.73. The van der Waals surface area contributed by atoms with E-state index in [4.69, 9.17) is 14.4 Å². The maximum absolute atomic E-state index is 6.77. The first kappa shape index (κ1) is 28.6. The van der Waals surface area contributed by atoms with Crippen LogP contribution in [0.2, 0.25) is 0 Å². The van der Waals surface area contributed by atoms with Gasteiger partial charge in [-0.15, -0.1) is 11.3 Å². The predicted octanol–water partition coefficient (Wildman–Crippen LogP) is 13.1. The molecule has 0 radical (unpaired) electrons. The van der Waals surface area contributed by atoms with Gasteiger partial charge in [-0.05, 0) is 41.0 Å². The van der Waals surface area contributed by atoms with E-state index in [0.29, 0.717) is 5.82 Å². The molecule has 10 rings (SSSR count). The van der Waals surface area contributed by atoms with Crippen LogP contribution in [0.1, 0.15) is 0 Å². The molecule has 0 aliphatic heterocycles. The van der Waals surface area contributed by atoms with Crippen LogP contribution in [0, 0.1) is 0 Å². The van der Waals surface area contributed by atoms with E-state index in [0.717, 1.165) is 61.1 Å². The van der Waals surface area contributed by atoms with Crippen LogP contribution in [-0.2, 0) is 0 Å². The first-order valence-electron chi connectivity index (χ1n) is 16.7. The second kappa shape index (κ2) is 11.7. The van der Waals surface area contributed by atoms with Gasteiger partial charge in [-0.25, -0.2) is 9.97 Å². The highest BCUT2D eigenvalue weighted by molar-refractivity contribution is 7.26. The molecule has 0 bridgehead atoms. The average Bonchev–Trinajstić information content (AvgIpc) is 3.78. The lowest BCUT2D eigenvalue weighted by Gasteiger charge is -2.12. The van der Waals surface area contributed by atoms with Crippen molar-refractivity contribution in [2.75, 3.05) is 0 Å². The van der Waals surface area contributed by atoms with Crippen LogP contribution < -0.4 is 0 Å². The Kier molecular flexibility index (Phi) is 6.68. The summed E-state index contributed by atoms with van der Waals surface area (Å²) in [4.78, 5) is 10.3. The Morgan fingerprint density at radius 3 is 1.86 bits per heavy atom. The minimum absolute atomic E-state index is 0.671. The van der Waals surface area contributed by atoms with Crippen molar-refractivity contribution in [2.45, 2.75) is 0 Å². The number of thiophene rings is 1. The third-order valence-corrected chi connectivity index (χ3v) is 10.8. The predicted molar refractivity (Wildman–Crippen MR) is 209 cm³/mol. The summed E-state index contributed by atoms with van der Waals surface area (Å²) in [6, 6.07) is 59.4. The first-order valence-corrected chi connectivity index (χ1v) is 17.6. The molecule has 50 heavy (non-hydrogen) atoms. The van der Waals surface area contributed by atoms with Crippen LogP contribution in [0.5, 0.6) is 0 Å². The largest absolute Gasteiger partial charge is 0.455 e. The fraction of sp³-hybridized carbons (Fsp3) is 0. The minimum Gasteiger partial charge on any atom is -0.455 e. The van der Waals surface area contributed by atoms with Gasteiger partial charge in [0.2, 0.25) is 0 Å². The van der Waals surface area contributed by atoms with Crippen molar-refractivity contribution in [3.8, 4) is 56.2 Å². The van der Waals surface area contributed by atoms with Crippen LogP contribution >= 0.6 is 11.3 Å². The lowest BCUT2D eigenvalue weighted by Crippen LogP contribution is -1.96. The smallest absolute Gasteiger partial charge is 0.160 e. The molecule has 7 aromatic carbocycles. The number of fused-ring (bicyclic) bond motifs is 6. The maximum atomic E-state index is 6.77. The van der Waals surface area contributed by atoms with Gasteiger partial charge >= 0.3 is 0 Å². The number of hydrogen-bond donors (Lipinski definition) is 0. The zero-order valence-corrected chi connectivity index (χ0v) is 27.7. The van der Waals surface area contributed by atoms with Crippen molar-refractivity contribution in [1.29, 1.82) is 0 Å². The summed E-state index contributed by atoms with van der Waals surface area (Å²) in [5.74, 6) is 0.671. The first-order chi connectivity index (χ1) is 24.8. The standard InChI is InChI=1S/C46H28N2OS/c1-3-12-29(13-4-1)30-22-24-32(25-23-30)46-47-39(31-14-5-2-6-15-31)28-40(48-46)37-27-26-34(43-38-17-7-9-20-41(38)49-44(37)43)36-19-11-18-35-33-16-8-10-21-42(33)50-45(35)36/h1-28H. The van der Waals surface area contributed by atoms with Crippen molar-refractivity contribution in [3.63, 3.8) is 0 Å². The molecule has 4 heteroatoms. The third-order valence-electron chi connectivity index (χ3n) is 9.54. The van der Waals surface area contributed by atoms with Gasteiger partial charge in [0.1, 0.15) is 11.2 Å². The summed E-state index contributed by atoms with van der Waals surface area (Å²) < 4.78 is 9.34. The quantitative estimate of drug-likeness (QED) is 0.185. The number of nitrogens with zero attached hydrogens (tertiary/aromatic N) is 2. The van der Waals surface area contributed by atoms with E-state index in [1.54, 1.807) is 0 Å². The number of aromatic nitrogens is 2. The van der Waals surface area contributed by atoms with Gasteiger partial charge in [0.25, 0.3) is 0 Å². The highest BCUT2D eigenvalue weighted by Gasteiger charge is 2.21. The van der Waals surface area contributed by atoms with Crippen LogP contribution in [0.25, 0.3) is 98.3 Å². The molecule has 0 saturated carbocycles. The van der Waals surface area contributed by atoms with Crippen LogP contribution in [-0.4, -0.2) is 9.97 Å². The Bertz CT molecular complexity index is 2850. The fourth-order valence-electron chi connectivity index (χ4n) is 7.13. The van der Waals surface area contributed by atoms with Crippen molar-refractivity contribution >= 4 is 53.4 Å². The number of hydrogen-bond acceptors (Lipinski definition) is 4. The van der Waals surface area contributed by atoms with E-state index >= 15 is 0 Å². The van der Waals surface area contributed by atoms with Crippen molar-refractivity contribution in [1.82, 2.24) is 9.97 Å². The SMILES string of the molecule is c1ccc(-c2ccc(-c3nc(-c4ccccc4)cc(-c4ccc(-c5cccc6c5sc5ccccc56)c5c4oc4ccccc45)n3)cc2)cc1. The molecule has 3 aromatic heterocycles. The molecule has 0 aliphatic rings. The number of benzene rings is 7. The molecule has 0 saturated heterocycles. The molecule has 0 fully saturated rings. The lowest BCUT2D eigenvalue weighted by molar-refractivity contribution is 0.670. The van der Waals surface area contributed by atoms with Gasteiger partial charge in [0, 0.05) is 53.2 Å². The van der Waals surface area contributed by atoms with Gasteiger partial charge in [-0.2, -0.15) is 0 Å². The van der Waals surface area contributed by atoms with E-state index in [1.807, 2.05) is 41.7 Å². The second-order valence-electron chi connectivity index (χ2n) is 12.5. The Labute approximate surface area is 292 Å². The molecule has 0 spiro atoms. The molecule has 0 aliphatic carbocycles. The topological polar surface area (TPSA) is 38.9 Å². The van der Waals surface area contributed by atoms with Crippen molar-refractivity contribution in [2.24, 2.45) is 0 Å². The molecule has 234 valence electrons. The van der Waals surface area contributed by atoms with Crippen LogP contribution in [0.4, 0.5) is 0 Å². The summed E-state index contributed by atoms with van der Waals surface area (Å²) >= 11 is 1.85. The van der Waals surface area contributed by atoms with Gasteiger partial charge in [0.15, 0.2) is 5.82 Å². The molecule has 0 atom stereocenters. The molecule has 0 amide bonds. The Morgan fingerprint density at radius 2 is 1.04 bits per heavy atom. The van der Waals surface area contributed by atoms with Crippen molar-refractivity contribution < 1.29 is 4.42 Å². The lowest BCUT2D eigenvalue weighted by atomic mass is 9.95. The molecule has 3 nitrogen and oxygen atoms in total. The molecular formula is C46H28N2OS. The van der Waals surface area contributed by atoms with E-state index < -0.39 is 0 Å². The van der Waals surface area contributed by atoms with Crippen LogP contribution in [0.15, 0.2) is 174 Å². The number of furan rings is 1. The average molecular weight is 657 g/mol. The molecular weight excluding hydrogens is 629 g/mol. The number of para-hydroxylation sites is 1. The minimum atomic E-state index is 0.671. The Hall–Kier alpha value is -6.36. The highest BCUT2D eigenvalue weighted by atomic mass is 32.1. The summed E-state index contributed by atoms with van der Waals surface area (Å²) in [6.45, 7) is 0. The normalized spacial score (nSPS) is 11.6. The van der Waals surface area contributed by atoms with Gasteiger partial charge in [-0.1, -0.05) is 146 Å². The van der Waals surface area contributed by atoms with Crippen LogP contribution in [0.3, 0.4) is 0 Å². The Morgan fingerprint density at radius 1 is 0.420 bits per heavy atom.